The van der Waals surface area contributed by atoms with Gasteiger partial charge in [-0.1, -0.05) is 13.3 Å². The van der Waals surface area contributed by atoms with Crippen LogP contribution in [0, 0.1) is 0 Å². The van der Waals surface area contributed by atoms with Gasteiger partial charge in [0.1, 0.15) is 17.8 Å². The van der Waals surface area contributed by atoms with Gasteiger partial charge in [-0.25, -0.2) is 4.79 Å². The van der Waals surface area contributed by atoms with E-state index in [9.17, 15) is 15.0 Å². The van der Waals surface area contributed by atoms with Crippen LogP contribution in [0.4, 0.5) is 0 Å². The Bertz CT molecular complexity index is 582. The van der Waals surface area contributed by atoms with Gasteiger partial charge in [0.05, 0.1) is 13.2 Å². The molecule has 1 aromatic rings. The average Bonchev–Trinajstić information content (AvgIpc) is 2.85. The molecule has 3 rings (SSSR count). The highest BCUT2D eigenvalue weighted by Gasteiger charge is 2.46. The highest BCUT2D eigenvalue weighted by Crippen LogP contribution is 2.49. The third-order valence-electron chi connectivity index (χ3n) is 4.04. The largest absolute Gasteiger partial charge is 0.504 e. The summed E-state index contributed by atoms with van der Waals surface area (Å²) in [5.41, 5.74) is 0.480. The van der Waals surface area contributed by atoms with E-state index in [1.165, 1.54) is 13.2 Å². The van der Waals surface area contributed by atoms with Gasteiger partial charge in [-0.15, -0.1) is 0 Å². The van der Waals surface area contributed by atoms with Crippen LogP contribution in [-0.2, 0) is 9.47 Å². The molecule has 0 amide bonds. The minimum Gasteiger partial charge on any atom is -0.504 e. The number of esters is 1. The van der Waals surface area contributed by atoms with Gasteiger partial charge < -0.3 is 24.4 Å². The van der Waals surface area contributed by atoms with Crippen LogP contribution >= 0.6 is 0 Å². The fraction of sp³-hybridized carbons (Fsp3) is 0.533. The molecule has 21 heavy (non-hydrogen) atoms. The van der Waals surface area contributed by atoms with Gasteiger partial charge in [-0.05, 0) is 12.5 Å². The smallest absolute Gasteiger partial charge is 0.342 e. The Balaban J connectivity index is 2.06. The maximum atomic E-state index is 12.1. The average molecular weight is 294 g/mol. The normalized spacial score (nSPS) is 27.0. The second-order valence-electron chi connectivity index (χ2n) is 5.39. The van der Waals surface area contributed by atoms with Gasteiger partial charge in [0, 0.05) is 12.0 Å². The van der Waals surface area contributed by atoms with E-state index >= 15 is 0 Å². The van der Waals surface area contributed by atoms with E-state index < -0.39 is 23.6 Å². The highest BCUT2D eigenvalue weighted by atomic mass is 16.6. The summed E-state index contributed by atoms with van der Waals surface area (Å²) in [7, 11) is 1.38. The van der Waals surface area contributed by atoms with Crippen LogP contribution < -0.4 is 4.74 Å². The number of hydrogen-bond donors (Lipinski definition) is 2. The van der Waals surface area contributed by atoms with Crippen LogP contribution in [-0.4, -0.2) is 35.5 Å². The fourth-order valence-electron chi connectivity index (χ4n) is 3.07. The minimum absolute atomic E-state index is 0.0330. The first-order valence-corrected chi connectivity index (χ1v) is 7.06. The van der Waals surface area contributed by atoms with Gasteiger partial charge >= 0.3 is 5.97 Å². The second-order valence-corrected chi connectivity index (χ2v) is 5.39. The number of carbonyl (C=O) groups excluding carboxylic acids is 1. The molecule has 2 aliphatic rings. The van der Waals surface area contributed by atoms with Crippen molar-refractivity contribution in [3.63, 3.8) is 0 Å². The zero-order chi connectivity index (χ0) is 15.1. The molecule has 0 saturated carbocycles. The molecule has 0 radical (unpaired) electrons. The highest BCUT2D eigenvalue weighted by molar-refractivity contribution is 5.97. The lowest BCUT2D eigenvalue weighted by Gasteiger charge is -2.28. The molecule has 1 saturated heterocycles. The summed E-state index contributed by atoms with van der Waals surface area (Å²) >= 11 is 0. The van der Waals surface area contributed by atoms with E-state index in [-0.39, 0.29) is 23.5 Å². The van der Waals surface area contributed by atoms with E-state index in [0.29, 0.717) is 12.0 Å². The van der Waals surface area contributed by atoms with E-state index in [4.69, 9.17) is 14.2 Å². The fourth-order valence-corrected chi connectivity index (χ4v) is 3.07. The molecule has 2 aliphatic heterocycles. The summed E-state index contributed by atoms with van der Waals surface area (Å²) in [5, 5.41) is 19.9. The number of hydrogen-bond acceptors (Lipinski definition) is 6. The quantitative estimate of drug-likeness (QED) is 0.657. The van der Waals surface area contributed by atoms with Crippen molar-refractivity contribution < 1.29 is 29.2 Å². The van der Waals surface area contributed by atoms with Gasteiger partial charge in [0.15, 0.2) is 11.5 Å². The van der Waals surface area contributed by atoms with Crippen molar-refractivity contribution in [2.75, 3.05) is 7.11 Å². The van der Waals surface area contributed by atoms with Crippen LogP contribution in [0.15, 0.2) is 6.07 Å². The number of benzene rings is 1. The number of methoxy groups -OCH3 is 1. The zero-order valence-corrected chi connectivity index (χ0v) is 12.0. The van der Waals surface area contributed by atoms with Gasteiger partial charge in [-0.2, -0.15) is 0 Å². The third kappa shape index (κ3) is 2.10. The standard InChI is InChI=1S/C15H18O6/c1-3-4-7-5-10-14(20-7)8-6-9(19-2)12(16)13(17)11(8)15(18)21-10/h6-7,10,14,16-17H,3-5H2,1-2H3/t7-,10-,14-/m1/s1. The molecule has 3 atom stereocenters. The zero-order valence-electron chi connectivity index (χ0n) is 12.0. The van der Waals surface area contributed by atoms with Crippen molar-refractivity contribution in [1.82, 2.24) is 0 Å². The third-order valence-corrected chi connectivity index (χ3v) is 4.04. The first-order chi connectivity index (χ1) is 10.1. The SMILES string of the molecule is CCC[C@@H]1C[C@H]2OC(=O)c3c(cc(OC)c(O)c3O)[C@H]2O1. The molecule has 2 N–H and O–H groups in total. The molecule has 114 valence electrons. The summed E-state index contributed by atoms with van der Waals surface area (Å²) in [4.78, 5) is 12.1. The summed E-state index contributed by atoms with van der Waals surface area (Å²) in [5.74, 6) is -1.50. The lowest BCUT2D eigenvalue weighted by molar-refractivity contribution is -0.0235. The number of ether oxygens (including phenoxy) is 3. The molecule has 1 aromatic carbocycles. The topological polar surface area (TPSA) is 85.2 Å². The maximum absolute atomic E-state index is 12.1. The molecule has 0 unspecified atom stereocenters. The Kier molecular flexibility index (Phi) is 3.41. The molecule has 0 aromatic heterocycles. The van der Waals surface area contributed by atoms with Crippen LogP contribution in [0.25, 0.3) is 0 Å². The van der Waals surface area contributed by atoms with Crippen LogP contribution in [0.1, 0.15) is 48.2 Å². The van der Waals surface area contributed by atoms with Crippen LogP contribution in [0.5, 0.6) is 17.2 Å². The molecule has 2 heterocycles. The van der Waals surface area contributed by atoms with E-state index in [1.807, 2.05) is 0 Å². The van der Waals surface area contributed by atoms with Gasteiger partial charge in [0.2, 0.25) is 5.75 Å². The monoisotopic (exact) mass is 294 g/mol. The van der Waals surface area contributed by atoms with Crippen molar-refractivity contribution in [3.8, 4) is 17.2 Å². The van der Waals surface area contributed by atoms with Crippen molar-refractivity contribution in [1.29, 1.82) is 0 Å². The van der Waals surface area contributed by atoms with Crippen LogP contribution in [0.2, 0.25) is 0 Å². The van der Waals surface area contributed by atoms with E-state index in [1.54, 1.807) is 0 Å². The van der Waals surface area contributed by atoms with Gasteiger partial charge in [0.25, 0.3) is 0 Å². The Hall–Kier alpha value is -1.95. The minimum atomic E-state index is -0.637. The lowest BCUT2D eigenvalue weighted by Crippen LogP contribution is -2.29. The summed E-state index contributed by atoms with van der Waals surface area (Å²) in [6, 6.07) is 1.54. The number of phenols is 2. The Labute approximate surface area is 122 Å². The molecule has 0 bridgehead atoms. The molecule has 0 spiro atoms. The Morgan fingerprint density at radius 2 is 2.14 bits per heavy atom. The number of aromatic hydroxyl groups is 2. The lowest BCUT2D eigenvalue weighted by atomic mass is 9.93. The molecule has 6 heteroatoms. The summed E-state index contributed by atoms with van der Waals surface area (Å²) in [6.07, 6.45) is 1.78. The van der Waals surface area contributed by atoms with Crippen molar-refractivity contribution in [2.45, 2.75) is 44.5 Å². The Morgan fingerprint density at radius 3 is 2.81 bits per heavy atom. The van der Waals surface area contributed by atoms with E-state index in [2.05, 4.69) is 6.92 Å². The Morgan fingerprint density at radius 1 is 1.38 bits per heavy atom. The second kappa shape index (κ2) is 5.11. The predicted molar refractivity (Wildman–Crippen MR) is 72.7 cm³/mol. The first-order valence-electron chi connectivity index (χ1n) is 7.06. The summed E-state index contributed by atoms with van der Waals surface area (Å²) < 4.78 is 16.3. The van der Waals surface area contributed by atoms with Crippen molar-refractivity contribution in [2.24, 2.45) is 0 Å². The predicted octanol–water partition coefficient (Wildman–Crippen LogP) is 2.28. The van der Waals surface area contributed by atoms with E-state index in [0.717, 1.165) is 12.8 Å². The van der Waals surface area contributed by atoms with Crippen LogP contribution in [0.3, 0.4) is 0 Å². The maximum Gasteiger partial charge on any atom is 0.342 e. The number of carbonyl (C=O) groups is 1. The molecule has 0 aliphatic carbocycles. The first kappa shape index (κ1) is 14.0. The summed E-state index contributed by atoms with van der Waals surface area (Å²) in [6.45, 7) is 2.07. The molecule has 6 nitrogen and oxygen atoms in total. The number of phenolic OH excluding ortho intramolecular Hbond substituents is 2. The van der Waals surface area contributed by atoms with Crippen molar-refractivity contribution >= 4 is 5.97 Å². The number of rotatable bonds is 3. The molecular formula is C15H18O6. The molecule has 1 fully saturated rings. The van der Waals surface area contributed by atoms with Gasteiger partial charge in [-0.3, -0.25) is 0 Å². The number of fused-ring (bicyclic) bond motifs is 3. The molecular weight excluding hydrogens is 276 g/mol. The van der Waals surface area contributed by atoms with Crippen molar-refractivity contribution in [3.05, 3.63) is 17.2 Å².